The van der Waals surface area contributed by atoms with Gasteiger partial charge in [0.2, 0.25) is 0 Å². The normalized spacial score (nSPS) is 11.6. The van der Waals surface area contributed by atoms with Crippen LogP contribution in [-0.4, -0.2) is 22.9 Å². The van der Waals surface area contributed by atoms with Crippen molar-refractivity contribution >= 4 is 28.6 Å². The number of aromatic nitrogens is 2. The highest BCUT2D eigenvalue weighted by molar-refractivity contribution is 14.1. The highest BCUT2D eigenvalue weighted by atomic mass is 127. The van der Waals surface area contributed by atoms with Gasteiger partial charge in [-0.05, 0) is 29.5 Å². The molecule has 8 heteroatoms. The Morgan fingerprint density at radius 2 is 2.12 bits per heavy atom. The monoisotopic (exact) mass is 348 g/mol. The summed E-state index contributed by atoms with van der Waals surface area (Å²) in [5, 5.41) is 3.35. The van der Waals surface area contributed by atoms with Gasteiger partial charge in [0, 0.05) is 5.69 Å². The van der Waals surface area contributed by atoms with E-state index in [2.05, 4.69) is 9.84 Å². The number of nitrogens with zero attached hydrogens (tertiary/aromatic N) is 2. The SMILES string of the molecule is COC(=O)Cn1nc(C(F)(F)F)c(I)c1C. The Morgan fingerprint density at radius 1 is 1.56 bits per heavy atom. The van der Waals surface area contributed by atoms with Gasteiger partial charge in [-0.1, -0.05) is 0 Å². The van der Waals surface area contributed by atoms with E-state index in [0.29, 0.717) is 5.69 Å². The van der Waals surface area contributed by atoms with Gasteiger partial charge in [-0.15, -0.1) is 0 Å². The Morgan fingerprint density at radius 3 is 2.50 bits per heavy atom. The standard InChI is InChI=1S/C8H8F3IN2O2/c1-4-6(12)7(8(9,10)11)13-14(4)3-5(15)16-2/h3H2,1-2H3. The molecule has 4 nitrogen and oxygen atoms in total. The summed E-state index contributed by atoms with van der Waals surface area (Å²) >= 11 is 1.55. The zero-order chi connectivity index (χ0) is 12.5. The fraction of sp³-hybridized carbons (Fsp3) is 0.500. The van der Waals surface area contributed by atoms with E-state index in [1.807, 2.05) is 0 Å². The molecule has 0 aliphatic rings. The van der Waals surface area contributed by atoms with Crippen molar-refractivity contribution in [3.63, 3.8) is 0 Å². The average molecular weight is 348 g/mol. The second kappa shape index (κ2) is 4.60. The Labute approximate surface area is 103 Å². The molecule has 1 aromatic heterocycles. The van der Waals surface area contributed by atoms with Crippen molar-refractivity contribution in [2.45, 2.75) is 19.6 Å². The van der Waals surface area contributed by atoms with Crippen molar-refractivity contribution in [3.05, 3.63) is 15.0 Å². The molecule has 0 saturated heterocycles. The molecule has 90 valence electrons. The van der Waals surface area contributed by atoms with Gasteiger partial charge in [0.15, 0.2) is 5.69 Å². The highest BCUT2D eigenvalue weighted by Gasteiger charge is 2.38. The van der Waals surface area contributed by atoms with E-state index in [1.54, 1.807) is 22.6 Å². The zero-order valence-corrected chi connectivity index (χ0v) is 10.6. The van der Waals surface area contributed by atoms with Gasteiger partial charge in [0.25, 0.3) is 0 Å². The van der Waals surface area contributed by atoms with Crippen LogP contribution in [0.2, 0.25) is 0 Å². The lowest BCUT2D eigenvalue weighted by Gasteiger charge is -2.02. The lowest BCUT2D eigenvalue weighted by molar-refractivity contribution is -0.144. The minimum atomic E-state index is -4.51. The van der Waals surface area contributed by atoms with Crippen LogP contribution in [0, 0.1) is 10.5 Å². The zero-order valence-electron chi connectivity index (χ0n) is 8.43. The first-order valence-corrected chi connectivity index (χ1v) is 5.22. The number of rotatable bonds is 2. The van der Waals surface area contributed by atoms with Crippen LogP contribution in [0.3, 0.4) is 0 Å². The van der Waals surface area contributed by atoms with E-state index in [1.165, 1.54) is 6.92 Å². The summed E-state index contributed by atoms with van der Waals surface area (Å²) in [6.45, 7) is 1.14. The molecule has 0 spiro atoms. The first kappa shape index (κ1) is 13.3. The molecule has 0 aliphatic heterocycles. The Bertz CT molecular complexity index is 414. The van der Waals surface area contributed by atoms with Crippen molar-refractivity contribution < 1.29 is 22.7 Å². The second-order valence-electron chi connectivity index (χ2n) is 2.98. The maximum absolute atomic E-state index is 12.5. The van der Waals surface area contributed by atoms with Gasteiger partial charge < -0.3 is 4.74 Å². The second-order valence-corrected chi connectivity index (χ2v) is 4.06. The van der Waals surface area contributed by atoms with Gasteiger partial charge in [-0.3, -0.25) is 9.48 Å². The Hall–Kier alpha value is -0.800. The fourth-order valence-electron chi connectivity index (χ4n) is 1.05. The molecule has 0 aromatic carbocycles. The summed E-state index contributed by atoms with van der Waals surface area (Å²) in [7, 11) is 1.16. The summed E-state index contributed by atoms with van der Waals surface area (Å²) in [5.74, 6) is -0.643. The quantitative estimate of drug-likeness (QED) is 0.607. The Balaban J connectivity index is 3.10. The molecule has 0 N–H and O–H groups in total. The fourth-order valence-corrected chi connectivity index (χ4v) is 1.74. The van der Waals surface area contributed by atoms with Crippen LogP contribution in [0.1, 0.15) is 11.4 Å². The van der Waals surface area contributed by atoms with Gasteiger partial charge in [0.05, 0.1) is 10.7 Å². The van der Waals surface area contributed by atoms with E-state index in [9.17, 15) is 18.0 Å². The van der Waals surface area contributed by atoms with Crippen molar-refractivity contribution in [1.29, 1.82) is 0 Å². The molecule has 1 rings (SSSR count). The van der Waals surface area contributed by atoms with Crippen LogP contribution in [0.5, 0.6) is 0 Å². The summed E-state index contributed by atoms with van der Waals surface area (Å²) in [4.78, 5) is 10.9. The lowest BCUT2D eigenvalue weighted by atomic mass is 10.3. The number of carbonyl (C=O) groups is 1. The number of carbonyl (C=O) groups excluding carboxylic acids is 1. The molecule has 1 aromatic rings. The molecule has 0 fully saturated rings. The number of ether oxygens (including phenoxy) is 1. The van der Waals surface area contributed by atoms with Crippen LogP contribution < -0.4 is 0 Å². The summed E-state index contributed by atoms with van der Waals surface area (Å²) in [5.41, 5.74) is -0.687. The third-order valence-corrected chi connectivity index (χ3v) is 3.20. The third-order valence-electron chi connectivity index (χ3n) is 1.91. The van der Waals surface area contributed by atoms with Crippen LogP contribution in [0.15, 0.2) is 0 Å². The number of alkyl halides is 3. The van der Waals surface area contributed by atoms with Gasteiger partial charge in [-0.25, -0.2) is 0 Å². The molecule has 0 atom stereocenters. The number of esters is 1. The number of halogens is 4. The van der Waals surface area contributed by atoms with Crippen LogP contribution in [0.4, 0.5) is 13.2 Å². The van der Waals surface area contributed by atoms with Gasteiger partial charge in [-0.2, -0.15) is 18.3 Å². The number of hydrogen-bond donors (Lipinski definition) is 0. The number of hydrogen-bond acceptors (Lipinski definition) is 3. The lowest BCUT2D eigenvalue weighted by Crippen LogP contribution is -2.15. The largest absolute Gasteiger partial charge is 0.468 e. The van der Waals surface area contributed by atoms with Crippen LogP contribution in [0.25, 0.3) is 0 Å². The van der Waals surface area contributed by atoms with Crippen LogP contribution in [-0.2, 0) is 22.3 Å². The van der Waals surface area contributed by atoms with E-state index < -0.39 is 17.8 Å². The summed E-state index contributed by atoms with van der Waals surface area (Å²) in [6.07, 6.45) is -4.51. The van der Waals surface area contributed by atoms with Crippen molar-refractivity contribution in [2.75, 3.05) is 7.11 Å². The highest BCUT2D eigenvalue weighted by Crippen LogP contribution is 2.33. The minimum absolute atomic E-state index is 0.00555. The average Bonchev–Trinajstić information content (AvgIpc) is 2.45. The topological polar surface area (TPSA) is 44.1 Å². The maximum atomic E-state index is 12.5. The molecule has 0 saturated carbocycles. The predicted molar refractivity (Wildman–Crippen MR) is 56.7 cm³/mol. The first-order chi connectivity index (χ1) is 7.27. The van der Waals surface area contributed by atoms with E-state index in [0.717, 1.165) is 11.8 Å². The van der Waals surface area contributed by atoms with Crippen molar-refractivity contribution in [2.24, 2.45) is 0 Å². The smallest absolute Gasteiger partial charge is 0.436 e. The molecular weight excluding hydrogens is 340 g/mol. The first-order valence-electron chi connectivity index (χ1n) is 4.14. The molecule has 0 radical (unpaired) electrons. The molecule has 16 heavy (non-hydrogen) atoms. The van der Waals surface area contributed by atoms with E-state index >= 15 is 0 Å². The van der Waals surface area contributed by atoms with Gasteiger partial charge in [0.1, 0.15) is 6.54 Å². The van der Waals surface area contributed by atoms with E-state index in [4.69, 9.17) is 0 Å². The van der Waals surface area contributed by atoms with Crippen LogP contribution >= 0.6 is 22.6 Å². The van der Waals surface area contributed by atoms with Crippen molar-refractivity contribution in [1.82, 2.24) is 9.78 Å². The molecular formula is C8H8F3IN2O2. The number of methoxy groups -OCH3 is 1. The summed E-state index contributed by atoms with van der Waals surface area (Å²) in [6, 6.07) is 0. The Kier molecular flexibility index (Phi) is 3.81. The van der Waals surface area contributed by atoms with E-state index in [-0.39, 0.29) is 10.1 Å². The summed E-state index contributed by atoms with van der Waals surface area (Å²) < 4.78 is 42.7. The molecule has 0 amide bonds. The third kappa shape index (κ3) is 2.66. The molecule has 1 heterocycles. The maximum Gasteiger partial charge on any atom is 0.436 e. The molecule has 0 unspecified atom stereocenters. The molecule has 0 bridgehead atoms. The minimum Gasteiger partial charge on any atom is -0.468 e. The van der Waals surface area contributed by atoms with Gasteiger partial charge >= 0.3 is 12.1 Å². The molecule has 0 aliphatic carbocycles. The predicted octanol–water partition coefficient (Wildman–Crippen LogP) is 1.99. The van der Waals surface area contributed by atoms with Crippen molar-refractivity contribution in [3.8, 4) is 0 Å².